The summed E-state index contributed by atoms with van der Waals surface area (Å²) in [6.07, 6.45) is 5.59. The molecule has 1 amide bonds. The summed E-state index contributed by atoms with van der Waals surface area (Å²) in [6.45, 7) is 4.20. The van der Waals surface area contributed by atoms with Gasteiger partial charge < -0.3 is 20.4 Å². The summed E-state index contributed by atoms with van der Waals surface area (Å²) in [7, 11) is 2.06. The molecule has 1 fully saturated rings. The van der Waals surface area contributed by atoms with Gasteiger partial charge in [0.1, 0.15) is 17.5 Å². The van der Waals surface area contributed by atoms with Crippen LogP contribution in [0.3, 0.4) is 0 Å². The number of anilines is 4. The number of nitrogens with zero attached hydrogens (tertiary/aromatic N) is 5. The first kappa shape index (κ1) is 19.9. The maximum absolute atomic E-state index is 12.8. The Morgan fingerprint density at radius 2 is 2.06 bits per heavy atom. The van der Waals surface area contributed by atoms with Crippen LogP contribution in [0.15, 0.2) is 36.7 Å². The third kappa shape index (κ3) is 3.45. The number of hydrogen-bond donors (Lipinski definition) is 3. The normalized spacial score (nSPS) is 17.1. The number of carbonyl (C=O) groups excluding carboxylic acids is 1. The lowest BCUT2D eigenvalue weighted by Gasteiger charge is -2.28. The topological polar surface area (TPSA) is 98.3 Å². The molecule has 0 aliphatic carbocycles. The van der Waals surface area contributed by atoms with E-state index in [-0.39, 0.29) is 5.91 Å². The monoisotopic (exact) mass is 442 g/mol. The molecule has 1 saturated heterocycles. The van der Waals surface area contributed by atoms with E-state index < -0.39 is 0 Å². The third-order valence-corrected chi connectivity index (χ3v) is 6.58. The van der Waals surface area contributed by atoms with Crippen molar-refractivity contribution in [3.63, 3.8) is 0 Å². The Morgan fingerprint density at radius 3 is 2.94 bits per heavy atom. The van der Waals surface area contributed by atoms with Gasteiger partial charge >= 0.3 is 0 Å². The standard InChI is InChI=1S/C24H26N8O/c1-31-11-7-16-15(6-9-26-23(16)31)22-17-12-28-24(33)21(17)18(13-27-22)29-19-4-2-5-20(30-19)32-10-3-8-25-14-32/h2,4-6,9,13,25H,3,7-8,10-12,14H2,1H3,(H,28,33)(H,29,30). The van der Waals surface area contributed by atoms with E-state index in [9.17, 15) is 4.79 Å². The van der Waals surface area contributed by atoms with E-state index in [0.29, 0.717) is 23.6 Å². The molecule has 3 aromatic heterocycles. The number of pyridine rings is 3. The van der Waals surface area contributed by atoms with Crippen LogP contribution in [0.1, 0.15) is 27.9 Å². The molecule has 9 heteroatoms. The van der Waals surface area contributed by atoms with Gasteiger partial charge in [-0.05, 0) is 37.6 Å². The van der Waals surface area contributed by atoms with Gasteiger partial charge in [-0.25, -0.2) is 9.97 Å². The molecular formula is C24H26N8O. The number of nitrogens with one attached hydrogen (secondary N) is 3. The number of hydrogen-bond acceptors (Lipinski definition) is 8. The Morgan fingerprint density at radius 1 is 1.12 bits per heavy atom. The van der Waals surface area contributed by atoms with Crippen molar-refractivity contribution in [2.75, 3.05) is 48.5 Å². The maximum Gasteiger partial charge on any atom is 0.254 e. The number of carbonyl (C=O) groups is 1. The molecule has 3 aliphatic rings. The van der Waals surface area contributed by atoms with Crippen molar-refractivity contribution in [1.29, 1.82) is 0 Å². The van der Waals surface area contributed by atoms with Crippen molar-refractivity contribution in [1.82, 2.24) is 25.6 Å². The van der Waals surface area contributed by atoms with Gasteiger partial charge in [0, 0.05) is 49.6 Å². The highest BCUT2D eigenvalue weighted by atomic mass is 16.1. The molecule has 0 unspecified atom stereocenters. The molecule has 0 saturated carbocycles. The largest absolute Gasteiger partial charge is 0.359 e. The molecule has 3 aliphatic heterocycles. The predicted molar refractivity (Wildman–Crippen MR) is 128 cm³/mol. The van der Waals surface area contributed by atoms with Gasteiger partial charge in [-0.3, -0.25) is 15.1 Å². The maximum atomic E-state index is 12.8. The second-order valence-corrected chi connectivity index (χ2v) is 8.67. The van der Waals surface area contributed by atoms with Gasteiger partial charge in [0.2, 0.25) is 0 Å². The Kier molecular flexibility index (Phi) is 4.83. The highest BCUT2D eigenvalue weighted by molar-refractivity contribution is 6.05. The van der Waals surface area contributed by atoms with Crippen LogP contribution in [-0.4, -0.2) is 54.2 Å². The fourth-order valence-corrected chi connectivity index (χ4v) is 4.92. The fraction of sp³-hybridized carbons (Fsp3) is 0.333. The van der Waals surface area contributed by atoms with Gasteiger partial charge in [-0.1, -0.05) is 6.07 Å². The van der Waals surface area contributed by atoms with Crippen LogP contribution in [0.25, 0.3) is 11.3 Å². The predicted octanol–water partition coefficient (Wildman–Crippen LogP) is 2.28. The first-order valence-corrected chi connectivity index (χ1v) is 11.4. The van der Waals surface area contributed by atoms with E-state index in [0.717, 1.165) is 67.6 Å². The van der Waals surface area contributed by atoms with Crippen molar-refractivity contribution in [2.24, 2.45) is 0 Å². The molecule has 0 atom stereocenters. The van der Waals surface area contributed by atoms with Crippen molar-refractivity contribution >= 4 is 29.0 Å². The Bertz CT molecular complexity index is 1240. The van der Waals surface area contributed by atoms with E-state index in [4.69, 9.17) is 9.97 Å². The van der Waals surface area contributed by atoms with E-state index >= 15 is 0 Å². The van der Waals surface area contributed by atoms with Gasteiger partial charge in [0.05, 0.1) is 29.8 Å². The van der Waals surface area contributed by atoms with Crippen molar-refractivity contribution in [2.45, 2.75) is 19.4 Å². The third-order valence-electron chi connectivity index (χ3n) is 6.58. The summed E-state index contributed by atoms with van der Waals surface area (Å²) in [5.41, 5.74) is 5.34. The molecule has 3 N–H and O–H groups in total. The highest BCUT2D eigenvalue weighted by Crippen LogP contribution is 2.38. The average Bonchev–Trinajstić information content (AvgIpc) is 3.43. The van der Waals surface area contributed by atoms with Crippen LogP contribution in [0, 0.1) is 0 Å². The molecule has 6 rings (SSSR count). The molecule has 0 spiro atoms. The van der Waals surface area contributed by atoms with Gasteiger partial charge in [-0.15, -0.1) is 0 Å². The Hall–Kier alpha value is -3.72. The van der Waals surface area contributed by atoms with E-state index in [1.54, 1.807) is 6.20 Å². The molecule has 33 heavy (non-hydrogen) atoms. The lowest BCUT2D eigenvalue weighted by atomic mass is 9.98. The summed E-state index contributed by atoms with van der Waals surface area (Å²) in [5.74, 6) is 2.52. The summed E-state index contributed by atoms with van der Waals surface area (Å²) in [6, 6.07) is 7.92. The molecule has 3 aromatic rings. The minimum absolute atomic E-state index is 0.0876. The Balaban J connectivity index is 1.37. The van der Waals surface area contributed by atoms with E-state index in [1.165, 1.54) is 5.56 Å². The molecule has 0 radical (unpaired) electrons. The van der Waals surface area contributed by atoms with Crippen LogP contribution in [0.2, 0.25) is 0 Å². The summed E-state index contributed by atoms with van der Waals surface area (Å²) < 4.78 is 0. The first-order chi connectivity index (χ1) is 16.2. The van der Waals surface area contributed by atoms with Crippen molar-refractivity contribution in [3.05, 3.63) is 53.3 Å². The van der Waals surface area contributed by atoms with Gasteiger partial charge in [0.25, 0.3) is 5.91 Å². The molecule has 6 heterocycles. The number of fused-ring (bicyclic) bond motifs is 2. The minimum Gasteiger partial charge on any atom is -0.359 e. The number of aromatic nitrogens is 3. The lowest BCUT2D eigenvalue weighted by molar-refractivity contribution is 0.0966. The smallest absolute Gasteiger partial charge is 0.254 e. The average molecular weight is 443 g/mol. The molecule has 0 bridgehead atoms. The zero-order chi connectivity index (χ0) is 22.4. The minimum atomic E-state index is -0.0876. The first-order valence-electron chi connectivity index (χ1n) is 11.4. The molecular weight excluding hydrogens is 416 g/mol. The van der Waals surface area contributed by atoms with Gasteiger partial charge in [-0.2, -0.15) is 0 Å². The van der Waals surface area contributed by atoms with Crippen LogP contribution >= 0.6 is 0 Å². The summed E-state index contributed by atoms with van der Waals surface area (Å²) in [4.78, 5) is 31.3. The second kappa shape index (κ2) is 8.00. The molecule has 0 aromatic carbocycles. The van der Waals surface area contributed by atoms with Crippen LogP contribution in [-0.2, 0) is 13.0 Å². The van der Waals surface area contributed by atoms with Gasteiger partial charge in [0.15, 0.2) is 0 Å². The fourth-order valence-electron chi connectivity index (χ4n) is 4.92. The van der Waals surface area contributed by atoms with E-state index in [1.807, 2.05) is 30.5 Å². The second-order valence-electron chi connectivity index (χ2n) is 8.67. The lowest BCUT2D eigenvalue weighted by Crippen LogP contribution is -2.42. The summed E-state index contributed by atoms with van der Waals surface area (Å²) >= 11 is 0. The van der Waals surface area contributed by atoms with Crippen molar-refractivity contribution < 1.29 is 4.79 Å². The summed E-state index contributed by atoms with van der Waals surface area (Å²) in [5, 5.41) is 9.71. The molecule has 9 nitrogen and oxygen atoms in total. The van der Waals surface area contributed by atoms with Crippen LogP contribution < -0.4 is 25.8 Å². The number of amides is 1. The molecule has 168 valence electrons. The van der Waals surface area contributed by atoms with Crippen LogP contribution in [0.5, 0.6) is 0 Å². The van der Waals surface area contributed by atoms with E-state index in [2.05, 4.69) is 37.8 Å². The zero-order valence-electron chi connectivity index (χ0n) is 18.6. The van der Waals surface area contributed by atoms with Crippen molar-refractivity contribution in [3.8, 4) is 11.3 Å². The van der Waals surface area contributed by atoms with Crippen LogP contribution in [0.4, 0.5) is 23.1 Å². The quantitative estimate of drug-likeness (QED) is 0.566. The SMILES string of the molecule is CN1CCc2c(-c3ncc(Nc4cccc(N5CCCNC5)n4)c4c3CNC4=O)ccnc21. The number of rotatable bonds is 4. The number of likely N-dealkylation sites (N-methyl/N-ethyl adjacent to an activating group) is 1. The Labute approximate surface area is 192 Å². The highest BCUT2D eigenvalue weighted by Gasteiger charge is 2.30. The zero-order valence-corrected chi connectivity index (χ0v) is 18.6.